The molecule has 2 N–H and O–H groups in total. The van der Waals surface area contributed by atoms with Gasteiger partial charge in [-0.2, -0.15) is 0 Å². The monoisotopic (exact) mass is 241 g/mol. The zero-order valence-electron chi connectivity index (χ0n) is 10.3. The Morgan fingerprint density at radius 3 is 2.35 bits per heavy atom. The van der Waals surface area contributed by atoms with Crippen LogP contribution in [0.2, 0.25) is 0 Å². The normalized spacial score (nSPS) is 41.6. The standard InChI is InChI=1S/C13H23NO3/c15-11-8-14(9-12(11)16)7-10-3-6-13(17-10)4-1-2-5-13/h10-12,15-16H,1-9H2/t10?,11-,12+. The molecule has 1 saturated carbocycles. The van der Waals surface area contributed by atoms with E-state index in [4.69, 9.17) is 4.74 Å². The molecule has 4 heteroatoms. The molecular weight excluding hydrogens is 218 g/mol. The number of aliphatic hydroxyl groups is 2. The third kappa shape index (κ3) is 2.36. The fraction of sp³-hybridized carbons (Fsp3) is 1.00. The van der Waals surface area contributed by atoms with Crippen molar-refractivity contribution in [2.24, 2.45) is 0 Å². The Labute approximate surface area is 103 Å². The fourth-order valence-electron chi connectivity index (χ4n) is 3.70. The van der Waals surface area contributed by atoms with Crippen molar-refractivity contribution in [3.63, 3.8) is 0 Å². The maximum absolute atomic E-state index is 9.51. The molecule has 1 unspecified atom stereocenters. The number of rotatable bonds is 2. The lowest BCUT2D eigenvalue weighted by atomic mass is 9.98. The van der Waals surface area contributed by atoms with E-state index in [1.54, 1.807) is 0 Å². The van der Waals surface area contributed by atoms with Crippen LogP contribution in [0.4, 0.5) is 0 Å². The van der Waals surface area contributed by atoms with Crippen molar-refractivity contribution in [1.82, 2.24) is 4.90 Å². The van der Waals surface area contributed by atoms with Gasteiger partial charge in [-0.15, -0.1) is 0 Å². The number of hydrogen-bond acceptors (Lipinski definition) is 4. The van der Waals surface area contributed by atoms with Crippen LogP contribution < -0.4 is 0 Å². The fourth-order valence-corrected chi connectivity index (χ4v) is 3.70. The highest BCUT2D eigenvalue weighted by atomic mass is 16.5. The van der Waals surface area contributed by atoms with Crippen molar-refractivity contribution in [2.45, 2.75) is 62.4 Å². The maximum atomic E-state index is 9.51. The summed E-state index contributed by atoms with van der Waals surface area (Å²) in [6.45, 7) is 2.05. The first-order chi connectivity index (χ1) is 8.17. The average molecular weight is 241 g/mol. The summed E-state index contributed by atoms with van der Waals surface area (Å²) in [7, 11) is 0. The predicted molar refractivity (Wildman–Crippen MR) is 63.8 cm³/mol. The molecule has 0 aromatic heterocycles. The van der Waals surface area contributed by atoms with Gasteiger partial charge in [-0.05, 0) is 25.7 Å². The second kappa shape index (κ2) is 4.50. The van der Waals surface area contributed by atoms with Gasteiger partial charge in [-0.25, -0.2) is 0 Å². The number of hydrogen-bond donors (Lipinski definition) is 2. The van der Waals surface area contributed by atoms with Crippen LogP contribution in [0.5, 0.6) is 0 Å². The van der Waals surface area contributed by atoms with Crippen LogP contribution in [0.1, 0.15) is 38.5 Å². The van der Waals surface area contributed by atoms with Gasteiger partial charge in [0, 0.05) is 19.6 Å². The number of aliphatic hydroxyl groups excluding tert-OH is 2. The molecule has 2 aliphatic heterocycles. The Morgan fingerprint density at radius 1 is 1.06 bits per heavy atom. The Kier molecular flexibility index (Phi) is 3.15. The molecule has 3 aliphatic rings. The second-order valence-electron chi connectivity index (χ2n) is 6.02. The lowest BCUT2D eigenvalue weighted by Crippen LogP contribution is -2.34. The van der Waals surface area contributed by atoms with Gasteiger partial charge in [0.05, 0.1) is 23.9 Å². The van der Waals surface area contributed by atoms with Gasteiger partial charge >= 0.3 is 0 Å². The van der Waals surface area contributed by atoms with Crippen LogP contribution in [0, 0.1) is 0 Å². The third-order valence-electron chi connectivity index (χ3n) is 4.65. The maximum Gasteiger partial charge on any atom is 0.0938 e. The quantitative estimate of drug-likeness (QED) is 0.740. The van der Waals surface area contributed by atoms with E-state index in [9.17, 15) is 10.2 Å². The molecule has 3 atom stereocenters. The summed E-state index contributed by atoms with van der Waals surface area (Å²) < 4.78 is 6.24. The summed E-state index contributed by atoms with van der Waals surface area (Å²) in [6.07, 6.45) is 6.60. The molecule has 0 aromatic carbocycles. The zero-order chi connectivity index (χ0) is 11.9. The van der Waals surface area contributed by atoms with E-state index in [0.29, 0.717) is 19.2 Å². The molecule has 0 bridgehead atoms. The van der Waals surface area contributed by atoms with Crippen LogP contribution in [0.25, 0.3) is 0 Å². The smallest absolute Gasteiger partial charge is 0.0938 e. The topological polar surface area (TPSA) is 52.9 Å². The van der Waals surface area contributed by atoms with Crippen molar-refractivity contribution < 1.29 is 14.9 Å². The summed E-state index contributed by atoms with van der Waals surface area (Å²) in [5.74, 6) is 0. The minimum absolute atomic E-state index is 0.196. The third-order valence-corrected chi connectivity index (χ3v) is 4.65. The lowest BCUT2D eigenvalue weighted by Gasteiger charge is -2.26. The molecule has 0 radical (unpaired) electrons. The van der Waals surface area contributed by atoms with Gasteiger partial charge in [0.1, 0.15) is 0 Å². The number of likely N-dealkylation sites (tertiary alicyclic amines) is 1. The van der Waals surface area contributed by atoms with Gasteiger partial charge in [0.15, 0.2) is 0 Å². The van der Waals surface area contributed by atoms with Crippen LogP contribution >= 0.6 is 0 Å². The van der Waals surface area contributed by atoms with Crippen molar-refractivity contribution >= 4 is 0 Å². The van der Waals surface area contributed by atoms with E-state index in [1.165, 1.54) is 32.1 Å². The number of ether oxygens (including phenoxy) is 1. The Balaban J connectivity index is 1.51. The predicted octanol–water partition coefficient (Wildman–Crippen LogP) is 0.516. The summed E-state index contributed by atoms with van der Waals surface area (Å²) in [5.41, 5.74) is 0.196. The summed E-state index contributed by atoms with van der Waals surface area (Å²) >= 11 is 0. The molecule has 17 heavy (non-hydrogen) atoms. The molecule has 1 spiro atoms. The average Bonchev–Trinajstić information content (AvgIpc) is 2.96. The Morgan fingerprint density at radius 2 is 1.71 bits per heavy atom. The molecule has 2 saturated heterocycles. The largest absolute Gasteiger partial charge is 0.389 e. The van der Waals surface area contributed by atoms with E-state index < -0.39 is 12.2 Å². The van der Waals surface area contributed by atoms with Crippen LogP contribution in [-0.2, 0) is 4.74 Å². The first-order valence-corrected chi connectivity index (χ1v) is 6.93. The molecule has 98 valence electrons. The summed E-state index contributed by atoms with van der Waals surface area (Å²) in [5, 5.41) is 19.0. The molecule has 3 rings (SSSR count). The van der Waals surface area contributed by atoms with E-state index in [0.717, 1.165) is 13.0 Å². The van der Waals surface area contributed by atoms with Crippen molar-refractivity contribution in [1.29, 1.82) is 0 Å². The summed E-state index contributed by atoms with van der Waals surface area (Å²) in [4.78, 5) is 2.13. The van der Waals surface area contributed by atoms with E-state index in [2.05, 4.69) is 4.90 Å². The zero-order valence-corrected chi connectivity index (χ0v) is 10.3. The molecule has 1 aliphatic carbocycles. The Bertz CT molecular complexity index is 268. The second-order valence-corrected chi connectivity index (χ2v) is 6.02. The van der Waals surface area contributed by atoms with E-state index in [-0.39, 0.29) is 5.60 Å². The summed E-state index contributed by atoms with van der Waals surface area (Å²) in [6, 6.07) is 0. The molecule has 4 nitrogen and oxygen atoms in total. The highest BCUT2D eigenvalue weighted by Gasteiger charge is 2.43. The molecule has 3 fully saturated rings. The van der Waals surface area contributed by atoms with Crippen LogP contribution in [0.3, 0.4) is 0 Å². The van der Waals surface area contributed by atoms with Crippen LogP contribution in [0.15, 0.2) is 0 Å². The van der Waals surface area contributed by atoms with Gasteiger partial charge in [-0.1, -0.05) is 12.8 Å². The first-order valence-electron chi connectivity index (χ1n) is 6.93. The molecule has 2 heterocycles. The van der Waals surface area contributed by atoms with Gasteiger partial charge < -0.3 is 14.9 Å². The van der Waals surface area contributed by atoms with Crippen LogP contribution in [-0.4, -0.2) is 58.7 Å². The number of nitrogens with zero attached hydrogens (tertiary/aromatic N) is 1. The lowest BCUT2D eigenvalue weighted by molar-refractivity contribution is -0.0462. The first kappa shape index (κ1) is 11.9. The number of β-amino-alcohol motifs (C(OH)–C–C–N with tert-alkyl or cyclic N) is 2. The van der Waals surface area contributed by atoms with E-state index >= 15 is 0 Å². The molecule has 0 amide bonds. The van der Waals surface area contributed by atoms with Gasteiger partial charge in [0.25, 0.3) is 0 Å². The minimum atomic E-state index is -0.572. The minimum Gasteiger partial charge on any atom is -0.389 e. The van der Waals surface area contributed by atoms with Gasteiger partial charge in [0.2, 0.25) is 0 Å². The van der Waals surface area contributed by atoms with Crippen molar-refractivity contribution in [3.05, 3.63) is 0 Å². The molecule has 0 aromatic rings. The van der Waals surface area contributed by atoms with Gasteiger partial charge in [-0.3, -0.25) is 4.90 Å². The SMILES string of the molecule is O[C@@H]1CN(CC2CCC3(CCCC3)O2)C[C@@H]1O. The Hall–Kier alpha value is -0.160. The highest BCUT2D eigenvalue weighted by Crippen LogP contribution is 2.43. The highest BCUT2D eigenvalue weighted by molar-refractivity contribution is 4.94. The van der Waals surface area contributed by atoms with Crippen molar-refractivity contribution in [2.75, 3.05) is 19.6 Å². The van der Waals surface area contributed by atoms with Crippen molar-refractivity contribution in [3.8, 4) is 0 Å². The van der Waals surface area contributed by atoms with E-state index in [1.807, 2.05) is 0 Å². The molecular formula is C13H23NO3.